The van der Waals surface area contributed by atoms with Gasteiger partial charge in [0.2, 0.25) is 5.91 Å². The summed E-state index contributed by atoms with van der Waals surface area (Å²) in [6.07, 6.45) is 0.590. The Morgan fingerprint density at radius 1 is 1.20 bits per heavy atom. The zero-order valence-corrected chi connectivity index (χ0v) is 15.1. The van der Waals surface area contributed by atoms with E-state index in [0.29, 0.717) is 23.4 Å². The molecule has 3 aromatic heterocycles. The third kappa shape index (κ3) is 3.07. The second-order valence-corrected chi connectivity index (χ2v) is 6.33. The van der Waals surface area contributed by atoms with Gasteiger partial charge in [-0.25, -0.2) is 0 Å². The Kier molecular flexibility index (Phi) is 4.20. The first-order valence-electron chi connectivity index (χ1n) is 8.13. The summed E-state index contributed by atoms with van der Waals surface area (Å²) in [5.41, 5.74) is 3.74. The molecule has 3 rings (SSSR count). The lowest BCUT2D eigenvalue weighted by Gasteiger charge is -2.08. The van der Waals surface area contributed by atoms with Crippen LogP contribution in [0.15, 0.2) is 10.9 Å². The molecule has 0 saturated heterocycles. The molecule has 3 heterocycles. The van der Waals surface area contributed by atoms with Crippen molar-refractivity contribution in [2.75, 3.05) is 5.32 Å². The van der Waals surface area contributed by atoms with Gasteiger partial charge in [0.1, 0.15) is 11.5 Å². The van der Waals surface area contributed by atoms with Crippen molar-refractivity contribution in [1.29, 1.82) is 0 Å². The number of rotatable bonds is 4. The summed E-state index contributed by atoms with van der Waals surface area (Å²) in [6, 6.07) is 1.81. The summed E-state index contributed by atoms with van der Waals surface area (Å²) >= 11 is 0. The van der Waals surface area contributed by atoms with Crippen LogP contribution in [0.5, 0.6) is 0 Å². The normalized spacial score (nSPS) is 11.2. The van der Waals surface area contributed by atoms with Gasteiger partial charge in [0.15, 0.2) is 0 Å². The molecule has 0 radical (unpaired) electrons. The maximum Gasteiger partial charge on any atom is 0.253 e. The van der Waals surface area contributed by atoms with Crippen LogP contribution in [0.25, 0.3) is 11.0 Å². The number of H-pyrrole nitrogens is 1. The number of aromatic nitrogens is 5. The Morgan fingerprint density at radius 3 is 2.56 bits per heavy atom. The third-order valence-corrected chi connectivity index (χ3v) is 4.43. The molecule has 0 fully saturated rings. The minimum absolute atomic E-state index is 0.148. The number of pyridine rings is 1. The number of fused-ring (bicyclic) bond motifs is 1. The fraction of sp³-hybridized carbons (Fsp3) is 0.412. The summed E-state index contributed by atoms with van der Waals surface area (Å²) < 4.78 is 3.29. The number of carbonyl (C=O) groups is 1. The predicted octanol–water partition coefficient (Wildman–Crippen LogP) is 1.49. The molecular formula is C17H22N6O2. The fourth-order valence-electron chi connectivity index (χ4n) is 3.23. The third-order valence-electron chi connectivity index (χ3n) is 4.43. The molecule has 0 saturated carbocycles. The van der Waals surface area contributed by atoms with Crippen LogP contribution in [0.2, 0.25) is 0 Å². The highest BCUT2D eigenvalue weighted by Gasteiger charge is 2.16. The van der Waals surface area contributed by atoms with E-state index < -0.39 is 0 Å². The lowest BCUT2D eigenvalue weighted by atomic mass is 10.0. The topological polar surface area (TPSA) is 97.6 Å². The molecule has 0 aliphatic rings. The summed E-state index contributed by atoms with van der Waals surface area (Å²) in [5, 5.41) is 12.3. The van der Waals surface area contributed by atoms with Crippen LogP contribution < -0.4 is 10.9 Å². The van der Waals surface area contributed by atoms with Gasteiger partial charge in [-0.1, -0.05) is 0 Å². The van der Waals surface area contributed by atoms with Gasteiger partial charge >= 0.3 is 0 Å². The molecule has 25 heavy (non-hydrogen) atoms. The minimum atomic E-state index is -0.169. The Bertz CT molecular complexity index is 1020. The van der Waals surface area contributed by atoms with Crippen molar-refractivity contribution in [2.24, 2.45) is 14.1 Å². The first-order chi connectivity index (χ1) is 11.8. The Balaban J connectivity index is 1.81. The van der Waals surface area contributed by atoms with Crippen LogP contribution in [0.1, 0.15) is 28.9 Å². The smallest absolute Gasteiger partial charge is 0.253 e. The summed E-state index contributed by atoms with van der Waals surface area (Å²) in [7, 11) is 3.57. The van der Waals surface area contributed by atoms with Crippen LogP contribution in [-0.2, 0) is 25.3 Å². The zero-order valence-electron chi connectivity index (χ0n) is 15.1. The molecule has 2 N–H and O–H groups in total. The van der Waals surface area contributed by atoms with Crippen molar-refractivity contribution in [3.8, 4) is 0 Å². The SMILES string of the molecule is Cc1cc(NC(=O)CCc2c(C)c3c(C)nn(C)c3[nH]c2=O)n(C)n1. The van der Waals surface area contributed by atoms with E-state index in [2.05, 4.69) is 20.5 Å². The molecule has 0 bridgehead atoms. The molecular weight excluding hydrogens is 320 g/mol. The highest BCUT2D eigenvalue weighted by Crippen LogP contribution is 2.21. The molecule has 0 spiro atoms. The molecule has 8 heteroatoms. The van der Waals surface area contributed by atoms with E-state index in [1.54, 1.807) is 29.5 Å². The van der Waals surface area contributed by atoms with Crippen molar-refractivity contribution in [3.05, 3.63) is 38.9 Å². The first kappa shape index (κ1) is 16.9. The molecule has 1 amide bonds. The number of aryl methyl sites for hydroxylation is 5. The van der Waals surface area contributed by atoms with E-state index in [4.69, 9.17) is 0 Å². The average molecular weight is 342 g/mol. The Morgan fingerprint density at radius 2 is 1.92 bits per heavy atom. The summed E-state index contributed by atoms with van der Waals surface area (Å²) in [6.45, 7) is 5.68. The van der Waals surface area contributed by atoms with Crippen LogP contribution in [0, 0.1) is 20.8 Å². The van der Waals surface area contributed by atoms with Crippen LogP contribution in [0.4, 0.5) is 5.82 Å². The number of nitrogens with zero attached hydrogens (tertiary/aromatic N) is 4. The van der Waals surface area contributed by atoms with Crippen LogP contribution in [-0.4, -0.2) is 30.5 Å². The zero-order chi connectivity index (χ0) is 18.3. The molecule has 8 nitrogen and oxygen atoms in total. The standard InChI is InChI=1S/C17H22N6O2/c1-9-8-13(22(4)20-9)18-14(24)7-6-12-10(2)15-11(3)21-23(5)16(15)19-17(12)25/h8H,6-7H2,1-5H3,(H,18,24)(H,19,25). The largest absolute Gasteiger partial charge is 0.311 e. The Hall–Kier alpha value is -2.90. The summed E-state index contributed by atoms with van der Waals surface area (Å²) in [5.74, 6) is 0.497. The van der Waals surface area contributed by atoms with Crippen LogP contribution in [0.3, 0.4) is 0 Å². The maximum absolute atomic E-state index is 12.4. The minimum Gasteiger partial charge on any atom is -0.311 e. The molecule has 3 aromatic rings. The van der Waals surface area contributed by atoms with Gasteiger partial charge in [-0.05, 0) is 32.8 Å². The Labute approximate surface area is 144 Å². The van der Waals surface area contributed by atoms with Crippen molar-refractivity contribution in [2.45, 2.75) is 33.6 Å². The fourth-order valence-corrected chi connectivity index (χ4v) is 3.23. The molecule has 0 aliphatic heterocycles. The quantitative estimate of drug-likeness (QED) is 0.750. The lowest BCUT2D eigenvalue weighted by molar-refractivity contribution is -0.116. The van der Waals surface area contributed by atoms with Gasteiger partial charge in [-0.3, -0.25) is 19.0 Å². The summed E-state index contributed by atoms with van der Waals surface area (Å²) in [4.78, 5) is 27.5. The second-order valence-electron chi connectivity index (χ2n) is 6.33. The van der Waals surface area contributed by atoms with E-state index in [1.165, 1.54) is 0 Å². The highest BCUT2D eigenvalue weighted by atomic mass is 16.1. The van der Waals surface area contributed by atoms with E-state index in [1.807, 2.05) is 20.8 Å². The van der Waals surface area contributed by atoms with Crippen LogP contribution >= 0.6 is 0 Å². The predicted molar refractivity (Wildman–Crippen MR) is 95.7 cm³/mol. The molecule has 0 atom stereocenters. The monoisotopic (exact) mass is 342 g/mol. The lowest BCUT2D eigenvalue weighted by Crippen LogP contribution is -2.20. The number of nitrogens with one attached hydrogen (secondary N) is 2. The number of anilines is 1. The van der Waals surface area contributed by atoms with Gasteiger partial charge in [0, 0.05) is 37.5 Å². The van der Waals surface area contributed by atoms with E-state index in [9.17, 15) is 9.59 Å². The molecule has 132 valence electrons. The van der Waals surface area contributed by atoms with Crippen molar-refractivity contribution >= 4 is 22.8 Å². The van der Waals surface area contributed by atoms with Gasteiger partial charge in [-0.15, -0.1) is 0 Å². The maximum atomic E-state index is 12.4. The second kappa shape index (κ2) is 6.19. The number of hydrogen-bond acceptors (Lipinski definition) is 4. The number of carbonyl (C=O) groups excluding carboxylic acids is 1. The van der Waals surface area contributed by atoms with Gasteiger partial charge in [-0.2, -0.15) is 10.2 Å². The number of aromatic amines is 1. The first-order valence-corrected chi connectivity index (χ1v) is 8.13. The van der Waals surface area contributed by atoms with E-state index in [-0.39, 0.29) is 17.9 Å². The average Bonchev–Trinajstić information content (AvgIpc) is 2.97. The van der Waals surface area contributed by atoms with Crippen molar-refractivity contribution < 1.29 is 4.79 Å². The molecule has 0 unspecified atom stereocenters. The van der Waals surface area contributed by atoms with E-state index >= 15 is 0 Å². The molecule has 0 aliphatic carbocycles. The highest BCUT2D eigenvalue weighted by molar-refractivity contribution is 5.90. The van der Waals surface area contributed by atoms with E-state index in [0.717, 1.165) is 22.3 Å². The van der Waals surface area contributed by atoms with Crippen molar-refractivity contribution in [3.63, 3.8) is 0 Å². The molecule has 0 aromatic carbocycles. The number of hydrogen-bond donors (Lipinski definition) is 2. The van der Waals surface area contributed by atoms with Gasteiger partial charge in [0.05, 0.1) is 11.4 Å². The van der Waals surface area contributed by atoms with Gasteiger partial charge in [0.25, 0.3) is 5.56 Å². The number of amides is 1. The van der Waals surface area contributed by atoms with Gasteiger partial charge < -0.3 is 10.3 Å². The van der Waals surface area contributed by atoms with Crippen molar-refractivity contribution in [1.82, 2.24) is 24.5 Å².